The lowest BCUT2D eigenvalue weighted by Crippen LogP contribution is -2.59. The smallest absolute Gasteiger partial charge is 0.322 e. The van der Waals surface area contributed by atoms with Gasteiger partial charge in [-0.3, -0.25) is 33.8 Å². The number of carboxylic acids is 1. The Labute approximate surface area is 265 Å². The number of nitrogens with two attached hydrogens (primary N) is 3. The van der Waals surface area contributed by atoms with Gasteiger partial charge >= 0.3 is 5.97 Å². The molecular weight excluding hydrogens is 606 g/mol. The molecule has 0 aliphatic rings. The van der Waals surface area contributed by atoms with Crippen molar-refractivity contribution in [3.05, 3.63) is 29.8 Å². The number of hydrogen-bond donors (Lipinski definition) is 11. The van der Waals surface area contributed by atoms with Gasteiger partial charge in [0.1, 0.15) is 30.4 Å². The largest absolute Gasteiger partial charge is 0.508 e. The molecule has 18 heteroatoms. The van der Waals surface area contributed by atoms with Gasteiger partial charge in [-0.25, -0.2) is 0 Å². The van der Waals surface area contributed by atoms with Gasteiger partial charge in [-0.1, -0.05) is 26.0 Å². The van der Waals surface area contributed by atoms with Crippen LogP contribution in [0.5, 0.6) is 5.75 Å². The number of rotatable bonds is 20. The average molecular weight is 652 g/mol. The highest BCUT2D eigenvalue weighted by Crippen LogP contribution is 2.12. The van der Waals surface area contributed by atoms with E-state index in [0.29, 0.717) is 12.0 Å². The van der Waals surface area contributed by atoms with Gasteiger partial charge in [0.25, 0.3) is 0 Å². The Morgan fingerprint density at radius 1 is 0.826 bits per heavy atom. The lowest BCUT2D eigenvalue weighted by Gasteiger charge is -2.25. The standard InChI is InChI=1S/C28H45N9O9/c1-15(2)10-19(25(44)34-13-23(41)42)36-27(46)21(14-38)37-26(45)20(11-16-5-7-17(39)8-6-16)35-22(40)12-33-24(43)18(29)4-3-9-32-28(30)31/h5-8,15,18-21,38-39H,3-4,9-14,29H2,1-2H3,(H,33,43)(H,34,44)(H,35,40)(H,36,46)(H,37,45)(H,41,42)(H4,30,31,32). The van der Waals surface area contributed by atoms with Crippen molar-refractivity contribution in [1.82, 2.24) is 26.6 Å². The molecule has 0 aliphatic carbocycles. The summed E-state index contributed by atoms with van der Waals surface area (Å²) in [5.41, 5.74) is 16.9. The van der Waals surface area contributed by atoms with Gasteiger partial charge in [0.05, 0.1) is 19.2 Å². The number of carboxylic acid groups (broad SMARTS) is 1. The van der Waals surface area contributed by atoms with Crippen molar-refractivity contribution < 1.29 is 44.1 Å². The number of benzene rings is 1. The Morgan fingerprint density at radius 2 is 1.41 bits per heavy atom. The van der Waals surface area contributed by atoms with Crippen LogP contribution in [-0.4, -0.2) is 107 Å². The van der Waals surface area contributed by atoms with Gasteiger partial charge in [0, 0.05) is 13.0 Å². The second-order valence-corrected chi connectivity index (χ2v) is 10.8. The zero-order valence-electron chi connectivity index (χ0n) is 25.8. The molecule has 1 aromatic rings. The molecular formula is C28H45N9O9. The highest BCUT2D eigenvalue weighted by Gasteiger charge is 2.30. The predicted octanol–water partition coefficient (Wildman–Crippen LogP) is -3.87. The molecule has 46 heavy (non-hydrogen) atoms. The van der Waals surface area contributed by atoms with E-state index in [4.69, 9.17) is 22.3 Å². The summed E-state index contributed by atoms with van der Waals surface area (Å²) in [6.07, 6.45) is 0.677. The van der Waals surface area contributed by atoms with Crippen LogP contribution in [-0.2, 0) is 35.2 Å². The van der Waals surface area contributed by atoms with E-state index >= 15 is 0 Å². The normalized spacial score (nSPS) is 13.3. The van der Waals surface area contributed by atoms with E-state index in [1.807, 2.05) is 0 Å². The van der Waals surface area contributed by atoms with Crippen LogP contribution in [0.3, 0.4) is 0 Å². The number of aromatic hydroxyl groups is 1. The van der Waals surface area contributed by atoms with Crippen molar-refractivity contribution in [2.75, 3.05) is 26.2 Å². The Morgan fingerprint density at radius 3 is 1.98 bits per heavy atom. The first-order valence-electron chi connectivity index (χ1n) is 14.5. The van der Waals surface area contributed by atoms with Gasteiger partial charge in [-0.2, -0.15) is 0 Å². The zero-order valence-corrected chi connectivity index (χ0v) is 25.8. The molecule has 0 spiro atoms. The molecule has 4 unspecified atom stereocenters. The molecule has 1 aromatic carbocycles. The summed E-state index contributed by atoms with van der Waals surface area (Å²) in [6, 6.07) is 0.782. The number of aliphatic hydroxyl groups excluding tert-OH is 1. The number of nitrogens with one attached hydrogen (secondary N) is 5. The molecule has 5 amide bonds. The topological polar surface area (TPSA) is 314 Å². The van der Waals surface area contributed by atoms with E-state index in [1.165, 1.54) is 24.3 Å². The van der Waals surface area contributed by atoms with Crippen molar-refractivity contribution in [2.24, 2.45) is 28.1 Å². The molecule has 0 saturated carbocycles. The van der Waals surface area contributed by atoms with Crippen LogP contribution < -0.4 is 43.8 Å². The fraction of sp³-hybridized carbons (Fsp3) is 0.536. The Hall–Kier alpha value is -4.97. The molecule has 256 valence electrons. The highest BCUT2D eigenvalue weighted by atomic mass is 16.4. The molecule has 0 bridgehead atoms. The van der Waals surface area contributed by atoms with Crippen LogP contribution in [0.4, 0.5) is 0 Å². The third-order valence-electron chi connectivity index (χ3n) is 6.32. The third-order valence-corrected chi connectivity index (χ3v) is 6.32. The van der Waals surface area contributed by atoms with Crippen LogP contribution in [0.2, 0.25) is 0 Å². The molecule has 0 aliphatic heterocycles. The van der Waals surface area contributed by atoms with Crippen molar-refractivity contribution in [3.63, 3.8) is 0 Å². The fourth-order valence-corrected chi connectivity index (χ4v) is 4.00. The molecule has 0 aromatic heterocycles. The summed E-state index contributed by atoms with van der Waals surface area (Å²) < 4.78 is 0. The second kappa shape index (κ2) is 20.1. The first-order valence-corrected chi connectivity index (χ1v) is 14.5. The number of phenols is 1. The molecule has 0 radical (unpaired) electrons. The summed E-state index contributed by atoms with van der Waals surface area (Å²) in [4.78, 5) is 78.5. The minimum Gasteiger partial charge on any atom is -0.508 e. The van der Waals surface area contributed by atoms with Gasteiger partial charge in [0.2, 0.25) is 29.5 Å². The lowest BCUT2D eigenvalue weighted by molar-refractivity contribution is -0.138. The average Bonchev–Trinajstić information content (AvgIpc) is 2.99. The number of hydrogen-bond acceptors (Lipinski definition) is 10. The van der Waals surface area contributed by atoms with Crippen LogP contribution in [0.15, 0.2) is 29.3 Å². The van der Waals surface area contributed by atoms with Gasteiger partial charge in [0.15, 0.2) is 5.96 Å². The van der Waals surface area contributed by atoms with Gasteiger partial charge in [-0.15, -0.1) is 0 Å². The first kappa shape index (κ1) is 39.1. The summed E-state index contributed by atoms with van der Waals surface area (Å²) in [6.45, 7) is 1.73. The summed E-state index contributed by atoms with van der Waals surface area (Å²) in [5, 5.41) is 40.1. The number of carbonyl (C=O) groups excluding carboxylic acids is 5. The van der Waals surface area contributed by atoms with E-state index in [1.54, 1.807) is 13.8 Å². The molecule has 0 heterocycles. The van der Waals surface area contributed by atoms with Crippen LogP contribution in [0.25, 0.3) is 0 Å². The number of nitrogens with zero attached hydrogens (tertiary/aromatic N) is 1. The van der Waals surface area contributed by atoms with Crippen molar-refractivity contribution in [2.45, 2.75) is 63.7 Å². The molecule has 1 rings (SSSR count). The van der Waals surface area contributed by atoms with E-state index < -0.39 is 79.4 Å². The Balaban J connectivity index is 2.96. The number of aliphatic hydroxyl groups is 1. The summed E-state index contributed by atoms with van der Waals surface area (Å²) in [7, 11) is 0. The molecule has 18 nitrogen and oxygen atoms in total. The Kier molecular flexibility index (Phi) is 17.1. The molecule has 0 fully saturated rings. The number of aliphatic imine (C=N–C) groups is 1. The van der Waals surface area contributed by atoms with Gasteiger partial charge in [-0.05, 0) is 42.9 Å². The molecule has 4 atom stereocenters. The Bertz CT molecular complexity index is 1220. The lowest BCUT2D eigenvalue weighted by atomic mass is 10.0. The van der Waals surface area contributed by atoms with E-state index in [0.717, 1.165) is 0 Å². The van der Waals surface area contributed by atoms with E-state index in [-0.39, 0.29) is 43.4 Å². The minimum absolute atomic E-state index is 0.0357. The zero-order chi connectivity index (χ0) is 34.8. The van der Waals surface area contributed by atoms with Crippen LogP contribution in [0.1, 0.15) is 38.7 Å². The quantitative estimate of drug-likeness (QED) is 0.0366. The van der Waals surface area contributed by atoms with E-state index in [2.05, 4.69) is 31.6 Å². The maximum atomic E-state index is 13.3. The number of carbonyl (C=O) groups is 6. The number of phenolic OH excluding ortho intramolecular Hbond substituents is 1. The monoisotopic (exact) mass is 651 g/mol. The number of amides is 5. The van der Waals surface area contributed by atoms with Crippen LogP contribution >= 0.6 is 0 Å². The maximum Gasteiger partial charge on any atom is 0.322 e. The summed E-state index contributed by atoms with van der Waals surface area (Å²) in [5.74, 6) is -5.47. The number of guanidine groups is 1. The first-order chi connectivity index (χ1) is 21.6. The third kappa shape index (κ3) is 15.7. The molecule has 14 N–H and O–H groups in total. The van der Waals surface area contributed by atoms with Crippen molar-refractivity contribution in [1.29, 1.82) is 0 Å². The van der Waals surface area contributed by atoms with Crippen molar-refractivity contribution >= 4 is 41.5 Å². The van der Waals surface area contributed by atoms with Gasteiger partial charge < -0.3 is 59.1 Å². The van der Waals surface area contributed by atoms with E-state index in [9.17, 15) is 39.0 Å². The maximum absolute atomic E-state index is 13.3. The predicted molar refractivity (Wildman–Crippen MR) is 166 cm³/mol. The van der Waals surface area contributed by atoms with Crippen molar-refractivity contribution in [3.8, 4) is 5.75 Å². The minimum atomic E-state index is -1.55. The fourth-order valence-electron chi connectivity index (χ4n) is 4.00. The summed E-state index contributed by atoms with van der Waals surface area (Å²) >= 11 is 0. The second-order valence-electron chi connectivity index (χ2n) is 10.8. The SMILES string of the molecule is CC(C)CC(NC(=O)C(CO)NC(=O)C(Cc1ccc(O)cc1)NC(=O)CNC(=O)C(N)CCCN=C(N)N)C(=O)NCC(=O)O. The molecule has 0 saturated heterocycles. The van der Waals surface area contributed by atoms with Crippen LogP contribution in [0, 0.1) is 5.92 Å². The number of aliphatic carboxylic acids is 1. The highest BCUT2D eigenvalue weighted by molar-refractivity contribution is 5.95.